The standard InChI is InChI=1S/C47H29N5/c1-48-40-20-10-8-17-38(40)42-30-33(29-41(50-42)32-13-4-2-5-14-32)31-22-24-35(25-23-31)52-46-36(37-19-12-28-49-47(37)52)26-27-44-45(46)39-18-9-11-21-43(39)51(44)34-15-6-3-7-16-34/h2-30H. The molecule has 10 rings (SSSR count). The van der Waals surface area contributed by atoms with Gasteiger partial charge in [-0.3, -0.25) is 4.57 Å². The molecule has 0 saturated carbocycles. The molecule has 0 N–H and O–H groups in total. The molecule has 0 amide bonds. The number of benzene rings is 6. The zero-order chi connectivity index (χ0) is 34.6. The summed E-state index contributed by atoms with van der Waals surface area (Å²) in [5.41, 5.74) is 12.7. The van der Waals surface area contributed by atoms with E-state index in [0.29, 0.717) is 5.69 Å². The number of hydrogen-bond donors (Lipinski definition) is 0. The summed E-state index contributed by atoms with van der Waals surface area (Å²) in [5.74, 6) is 0. The fraction of sp³-hybridized carbons (Fsp3) is 0. The second-order valence-corrected chi connectivity index (χ2v) is 12.9. The van der Waals surface area contributed by atoms with E-state index >= 15 is 0 Å². The molecule has 0 aliphatic carbocycles. The summed E-state index contributed by atoms with van der Waals surface area (Å²) in [6.45, 7) is 7.80. The lowest BCUT2D eigenvalue weighted by Gasteiger charge is -2.13. The smallest absolute Gasteiger partial charge is 0.196 e. The zero-order valence-corrected chi connectivity index (χ0v) is 28.0. The summed E-state index contributed by atoms with van der Waals surface area (Å²) in [6.07, 6.45) is 1.88. The second kappa shape index (κ2) is 11.9. The quantitative estimate of drug-likeness (QED) is 0.172. The molecule has 6 aromatic carbocycles. The van der Waals surface area contributed by atoms with Crippen LogP contribution in [0.2, 0.25) is 0 Å². The van der Waals surface area contributed by atoms with E-state index in [2.05, 4.69) is 135 Å². The molecule has 5 nitrogen and oxygen atoms in total. The monoisotopic (exact) mass is 663 g/mol. The van der Waals surface area contributed by atoms with E-state index in [9.17, 15) is 0 Å². The van der Waals surface area contributed by atoms with Crippen LogP contribution in [0.1, 0.15) is 0 Å². The molecule has 0 bridgehead atoms. The van der Waals surface area contributed by atoms with Gasteiger partial charge in [-0.05, 0) is 71.8 Å². The Morgan fingerprint density at radius 3 is 2.00 bits per heavy atom. The number of para-hydroxylation sites is 3. The van der Waals surface area contributed by atoms with Crippen molar-refractivity contribution in [1.82, 2.24) is 19.1 Å². The molecule has 0 fully saturated rings. The van der Waals surface area contributed by atoms with Crippen LogP contribution in [-0.2, 0) is 0 Å². The van der Waals surface area contributed by atoms with Gasteiger partial charge in [-0.2, -0.15) is 0 Å². The van der Waals surface area contributed by atoms with E-state index in [4.69, 9.17) is 16.5 Å². The number of aromatic nitrogens is 4. The highest BCUT2D eigenvalue weighted by Crippen LogP contribution is 2.42. The van der Waals surface area contributed by atoms with Crippen molar-refractivity contribution >= 4 is 49.4 Å². The molecular formula is C47H29N5. The zero-order valence-electron chi connectivity index (χ0n) is 28.0. The van der Waals surface area contributed by atoms with Crippen LogP contribution in [0.5, 0.6) is 0 Å². The first-order valence-corrected chi connectivity index (χ1v) is 17.3. The lowest BCUT2D eigenvalue weighted by Crippen LogP contribution is -1.97. The molecule has 0 radical (unpaired) electrons. The summed E-state index contributed by atoms with van der Waals surface area (Å²) in [5, 5.41) is 4.68. The maximum absolute atomic E-state index is 7.80. The predicted octanol–water partition coefficient (Wildman–Crippen LogP) is 12.2. The summed E-state index contributed by atoms with van der Waals surface area (Å²) in [6, 6.07) is 58.8. The molecular weight excluding hydrogens is 635 g/mol. The largest absolute Gasteiger partial charge is 0.309 e. The van der Waals surface area contributed by atoms with Crippen LogP contribution in [0, 0.1) is 6.57 Å². The Hall–Kier alpha value is -7.29. The Balaban J connectivity index is 1.19. The van der Waals surface area contributed by atoms with E-state index in [1.165, 1.54) is 21.7 Å². The van der Waals surface area contributed by atoms with Crippen LogP contribution in [0.15, 0.2) is 176 Å². The van der Waals surface area contributed by atoms with Crippen LogP contribution in [0.4, 0.5) is 5.69 Å². The molecule has 4 heterocycles. The van der Waals surface area contributed by atoms with Gasteiger partial charge in [-0.25, -0.2) is 14.8 Å². The van der Waals surface area contributed by atoms with E-state index in [1.807, 2.05) is 54.7 Å². The van der Waals surface area contributed by atoms with Crippen molar-refractivity contribution in [3.8, 4) is 45.0 Å². The Morgan fingerprint density at radius 2 is 1.17 bits per heavy atom. The average Bonchev–Trinajstić information content (AvgIpc) is 3.74. The van der Waals surface area contributed by atoms with Gasteiger partial charge < -0.3 is 4.57 Å². The van der Waals surface area contributed by atoms with Crippen LogP contribution in [0.3, 0.4) is 0 Å². The molecule has 0 saturated heterocycles. The van der Waals surface area contributed by atoms with Gasteiger partial charge >= 0.3 is 0 Å². The van der Waals surface area contributed by atoms with Crippen LogP contribution < -0.4 is 0 Å². The minimum atomic E-state index is 0.584. The first kappa shape index (κ1) is 29.6. The minimum Gasteiger partial charge on any atom is -0.309 e. The molecule has 0 atom stereocenters. The van der Waals surface area contributed by atoms with Gasteiger partial charge in [0.05, 0.1) is 34.5 Å². The predicted molar refractivity (Wildman–Crippen MR) is 213 cm³/mol. The number of fused-ring (bicyclic) bond motifs is 7. The third-order valence-corrected chi connectivity index (χ3v) is 9.99. The SMILES string of the molecule is [C-]#[N+]c1ccccc1-c1cc(-c2ccc(-n3c4ncccc4c4ccc5c(c6ccccc6n5-c5ccccc5)c43)cc2)cc(-c2ccccc2)n1. The summed E-state index contributed by atoms with van der Waals surface area (Å²) < 4.78 is 4.68. The highest BCUT2D eigenvalue weighted by Gasteiger charge is 2.21. The fourth-order valence-electron chi connectivity index (χ4n) is 7.67. The van der Waals surface area contributed by atoms with Crippen molar-refractivity contribution in [3.63, 3.8) is 0 Å². The van der Waals surface area contributed by atoms with Gasteiger partial charge in [0.2, 0.25) is 0 Å². The Labute approximate surface area is 300 Å². The molecule has 242 valence electrons. The van der Waals surface area contributed by atoms with Gasteiger partial charge in [0.1, 0.15) is 5.65 Å². The normalized spacial score (nSPS) is 11.4. The Bertz CT molecular complexity index is 3000. The summed E-state index contributed by atoms with van der Waals surface area (Å²) in [7, 11) is 0. The lowest BCUT2D eigenvalue weighted by molar-refractivity contribution is 1.14. The first-order valence-electron chi connectivity index (χ1n) is 17.3. The second-order valence-electron chi connectivity index (χ2n) is 12.9. The summed E-state index contributed by atoms with van der Waals surface area (Å²) >= 11 is 0. The Kier molecular flexibility index (Phi) is 6.80. The molecule has 4 aromatic heterocycles. The number of rotatable bonds is 5. The van der Waals surface area contributed by atoms with E-state index < -0.39 is 0 Å². The third kappa shape index (κ3) is 4.63. The number of pyridine rings is 2. The van der Waals surface area contributed by atoms with Gasteiger partial charge in [0, 0.05) is 50.2 Å². The van der Waals surface area contributed by atoms with Gasteiger partial charge in [0.25, 0.3) is 0 Å². The van der Waals surface area contributed by atoms with Crippen molar-refractivity contribution in [2.24, 2.45) is 0 Å². The lowest BCUT2D eigenvalue weighted by atomic mass is 9.99. The van der Waals surface area contributed by atoms with Crippen LogP contribution in [-0.4, -0.2) is 19.1 Å². The van der Waals surface area contributed by atoms with Crippen LogP contribution in [0.25, 0.3) is 93.6 Å². The van der Waals surface area contributed by atoms with Crippen molar-refractivity contribution in [3.05, 3.63) is 187 Å². The molecule has 0 unspecified atom stereocenters. The average molecular weight is 664 g/mol. The van der Waals surface area contributed by atoms with E-state index in [0.717, 1.165) is 67.1 Å². The van der Waals surface area contributed by atoms with Crippen LogP contribution >= 0.6 is 0 Å². The molecule has 0 aliphatic heterocycles. The number of hydrogen-bond acceptors (Lipinski definition) is 2. The minimum absolute atomic E-state index is 0.584. The fourth-order valence-corrected chi connectivity index (χ4v) is 7.67. The molecule has 10 aromatic rings. The number of nitrogens with zero attached hydrogens (tertiary/aromatic N) is 5. The maximum atomic E-state index is 7.80. The molecule has 52 heavy (non-hydrogen) atoms. The third-order valence-electron chi connectivity index (χ3n) is 9.99. The highest BCUT2D eigenvalue weighted by atomic mass is 15.1. The van der Waals surface area contributed by atoms with Crippen molar-refractivity contribution in [2.45, 2.75) is 0 Å². The maximum Gasteiger partial charge on any atom is 0.196 e. The molecule has 0 spiro atoms. The van der Waals surface area contributed by atoms with Crippen molar-refractivity contribution in [2.75, 3.05) is 0 Å². The van der Waals surface area contributed by atoms with E-state index in [1.54, 1.807) is 0 Å². The molecule has 0 aliphatic rings. The van der Waals surface area contributed by atoms with Crippen molar-refractivity contribution in [1.29, 1.82) is 0 Å². The molecule has 5 heteroatoms. The van der Waals surface area contributed by atoms with Crippen molar-refractivity contribution < 1.29 is 0 Å². The topological polar surface area (TPSA) is 40.0 Å². The van der Waals surface area contributed by atoms with Gasteiger partial charge in [0.15, 0.2) is 5.69 Å². The van der Waals surface area contributed by atoms with E-state index in [-0.39, 0.29) is 0 Å². The van der Waals surface area contributed by atoms with Gasteiger partial charge in [-0.15, -0.1) is 0 Å². The highest BCUT2D eigenvalue weighted by molar-refractivity contribution is 6.25. The summed E-state index contributed by atoms with van der Waals surface area (Å²) in [4.78, 5) is 13.8. The Morgan fingerprint density at radius 1 is 0.481 bits per heavy atom. The van der Waals surface area contributed by atoms with Gasteiger partial charge in [-0.1, -0.05) is 109 Å². The first-order chi connectivity index (χ1) is 25.8.